The van der Waals surface area contributed by atoms with Crippen LogP contribution in [0.1, 0.15) is 36.8 Å². The molecule has 3 amide bonds. The van der Waals surface area contributed by atoms with Gasteiger partial charge < -0.3 is 25.4 Å². The molecule has 1 heterocycles. The molecule has 1 saturated heterocycles. The zero-order valence-corrected chi connectivity index (χ0v) is 21.3. The molecule has 3 rings (SSSR count). The third-order valence-corrected chi connectivity index (χ3v) is 6.43. The van der Waals surface area contributed by atoms with Gasteiger partial charge in [-0.25, -0.2) is 4.79 Å². The number of carboxylic acid groups (broad SMARTS) is 1. The van der Waals surface area contributed by atoms with Crippen LogP contribution < -0.4 is 10.6 Å². The lowest BCUT2D eigenvalue weighted by molar-refractivity contribution is -0.145. The Hall–Kier alpha value is -4.21. The second-order valence-electron chi connectivity index (χ2n) is 9.16. The summed E-state index contributed by atoms with van der Waals surface area (Å²) in [6, 6.07) is 15.5. The summed E-state index contributed by atoms with van der Waals surface area (Å²) in [5, 5.41) is 14.4. The maximum absolute atomic E-state index is 13.4. The van der Waals surface area contributed by atoms with Crippen molar-refractivity contribution in [1.29, 1.82) is 0 Å². The molecule has 1 aliphatic rings. The summed E-state index contributed by atoms with van der Waals surface area (Å²) in [6.07, 6.45) is 0.848. The molecule has 3 atom stereocenters. The molecule has 10 heteroatoms. The van der Waals surface area contributed by atoms with Gasteiger partial charge >= 0.3 is 11.9 Å². The Morgan fingerprint density at radius 3 is 2.03 bits per heavy atom. The molecular weight excluding hydrogens is 490 g/mol. The highest BCUT2D eigenvalue weighted by Gasteiger charge is 2.36. The smallest absolute Gasteiger partial charge is 0.328 e. The van der Waals surface area contributed by atoms with Gasteiger partial charge in [0.05, 0.1) is 13.5 Å². The van der Waals surface area contributed by atoms with Gasteiger partial charge in [0.25, 0.3) is 0 Å². The largest absolute Gasteiger partial charge is 0.481 e. The third kappa shape index (κ3) is 8.16. The molecule has 0 radical (unpaired) electrons. The number of carbonyl (C=O) groups excluding carboxylic acids is 4. The number of likely N-dealkylation sites (tertiary alicyclic amines) is 1. The molecule has 2 aromatic carbocycles. The molecule has 2 aromatic rings. The summed E-state index contributed by atoms with van der Waals surface area (Å²) >= 11 is 0. The minimum atomic E-state index is -1.09. The number of nitrogens with one attached hydrogen (secondary N) is 2. The van der Waals surface area contributed by atoms with Crippen LogP contribution >= 0.6 is 0 Å². The normalized spacial score (nSPS) is 16.2. The predicted molar refractivity (Wildman–Crippen MR) is 138 cm³/mol. The fourth-order valence-electron chi connectivity index (χ4n) is 4.48. The molecule has 0 unspecified atom stereocenters. The zero-order valence-electron chi connectivity index (χ0n) is 21.3. The summed E-state index contributed by atoms with van der Waals surface area (Å²) in [4.78, 5) is 64.0. The van der Waals surface area contributed by atoms with Crippen LogP contribution in [0.2, 0.25) is 0 Å². The van der Waals surface area contributed by atoms with Crippen molar-refractivity contribution in [2.45, 2.75) is 56.7 Å². The highest BCUT2D eigenvalue weighted by atomic mass is 16.5. The van der Waals surface area contributed by atoms with E-state index in [1.54, 1.807) is 0 Å². The number of hydrogen-bond acceptors (Lipinski definition) is 6. The summed E-state index contributed by atoms with van der Waals surface area (Å²) in [5.41, 5.74) is 1.62. The van der Waals surface area contributed by atoms with Crippen LogP contribution in [0, 0.1) is 0 Å². The van der Waals surface area contributed by atoms with Gasteiger partial charge in [0, 0.05) is 25.8 Å². The van der Waals surface area contributed by atoms with Crippen molar-refractivity contribution in [1.82, 2.24) is 15.5 Å². The first-order valence-electron chi connectivity index (χ1n) is 12.6. The maximum Gasteiger partial charge on any atom is 0.328 e. The highest BCUT2D eigenvalue weighted by Crippen LogP contribution is 2.19. The average molecular weight is 524 g/mol. The molecule has 0 bridgehead atoms. The van der Waals surface area contributed by atoms with E-state index in [1.165, 1.54) is 12.0 Å². The van der Waals surface area contributed by atoms with E-state index < -0.39 is 47.8 Å². The Morgan fingerprint density at radius 1 is 0.895 bits per heavy atom. The molecular formula is C28H33N3O7. The Labute approximate surface area is 221 Å². The number of benzene rings is 2. The van der Waals surface area contributed by atoms with Gasteiger partial charge in [-0.2, -0.15) is 0 Å². The number of nitrogens with zero attached hydrogens (tertiary/aromatic N) is 1. The lowest BCUT2D eigenvalue weighted by Crippen LogP contribution is -2.56. The van der Waals surface area contributed by atoms with Gasteiger partial charge in [-0.3, -0.25) is 19.2 Å². The van der Waals surface area contributed by atoms with Gasteiger partial charge in [0.15, 0.2) is 0 Å². The van der Waals surface area contributed by atoms with Crippen molar-refractivity contribution < 1.29 is 33.8 Å². The van der Waals surface area contributed by atoms with Gasteiger partial charge in [-0.1, -0.05) is 60.7 Å². The van der Waals surface area contributed by atoms with E-state index >= 15 is 0 Å². The van der Waals surface area contributed by atoms with Crippen LogP contribution in [0.3, 0.4) is 0 Å². The first-order valence-corrected chi connectivity index (χ1v) is 12.6. The van der Waals surface area contributed by atoms with Gasteiger partial charge in [-0.05, 0) is 24.0 Å². The molecule has 3 N–H and O–H groups in total. The minimum absolute atomic E-state index is 0.164. The molecule has 1 aliphatic heterocycles. The van der Waals surface area contributed by atoms with Gasteiger partial charge in [0.1, 0.15) is 18.1 Å². The van der Waals surface area contributed by atoms with E-state index in [9.17, 15) is 24.0 Å². The quantitative estimate of drug-likeness (QED) is 0.358. The van der Waals surface area contributed by atoms with E-state index in [0.717, 1.165) is 11.1 Å². The van der Waals surface area contributed by atoms with Crippen molar-refractivity contribution in [2.24, 2.45) is 0 Å². The van der Waals surface area contributed by atoms with Crippen molar-refractivity contribution in [3.8, 4) is 0 Å². The third-order valence-electron chi connectivity index (χ3n) is 6.43. The monoisotopic (exact) mass is 523 g/mol. The lowest BCUT2D eigenvalue weighted by atomic mass is 10.0. The van der Waals surface area contributed by atoms with Crippen LogP contribution in [-0.4, -0.2) is 71.4 Å². The molecule has 0 aliphatic carbocycles. The Morgan fingerprint density at radius 2 is 1.47 bits per heavy atom. The number of rotatable bonds is 12. The average Bonchev–Trinajstić information content (AvgIpc) is 3.42. The number of aliphatic carboxylic acids is 1. The topological polar surface area (TPSA) is 142 Å². The van der Waals surface area contributed by atoms with E-state index in [4.69, 9.17) is 9.84 Å². The van der Waals surface area contributed by atoms with Gasteiger partial charge in [-0.15, -0.1) is 0 Å². The fourth-order valence-corrected chi connectivity index (χ4v) is 4.48. The Kier molecular flexibility index (Phi) is 10.4. The second-order valence-corrected chi connectivity index (χ2v) is 9.16. The SMILES string of the molecule is COC(=O)[C@H](Cc1ccccc1)NC(=O)[C@H](Cc1ccccc1)NC(=O)[C@@H]1CCCN1C(=O)CCC(=O)O. The molecule has 38 heavy (non-hydrogen) atoms. The van der Waals surface area contributed by atoms with E-state index in [0.29, 0.717) is 19.4 Å². The first-order chi connectivity index (χ1) is 18.3. The highest BCUT2D eigenvalue weighted by molar-refractivity contribution is 5.94. The summed E-state index contributed by atoms with van der Waals surface area (Å²) in [7, 11) is 1.24. The molecule has 0 saturated carbocycles. The zero-order chi connectivity index (χ0) is 27.5. The maximum atomic E-state index is 13.4. The van der Waals surface area contributed by atoms with Crippen molar-refractivity contribution in [3.05, 3.63) is 71.8 Å². The van der Waals surface area contributed by atoms with E-state index in [-0.39, 0.29) is 25.7 Å². The fraction of sp³-hybridized carbons (Fsp3) is 0.393. The number of amides is 3. The number of carboxylic acids is 1. The van der Waals surface area contributed by atoms with Crippen molar-refractivity contribution in [2.75, 3.05) is 13.7 Å². The lowest BCUT2D eigenvalue weighted by Gasteiger charge is -2.27. The number of esters is 1. The molecule has 0 aromatic heterocycles. The van der Waals surface area contributed by atoms with E-state index in [1.807, 2.05) is 60.7 Å². The molecule has 1 fully saturated rings. The Bertz CT molecular complexity index is 1120. The Balaban J connectivity index is 1.76. The summed E-state index contributed by atoms with van der Waals surface area (Å²) < 4.78 is 4.90. The predicted octanol–water partition coefficient (Wildman–Crippen LogP) is 1.47. The minimum Gasteiger partial charge on any atom is -0.481 e. The summed E-state index contributed by atoms with van der Waals surface area (Å²) in [5.74, 6) is -3.18. The van der Waals surface area contributed by atoms with Crippen LogP contribution in [0.25, 0.3) is 0 Å². The number of hydrogen-bond donors (Lipinski definition) is 3. The van der Waals surface area contributed by atoms with Crippen molar-refractivity contribution >= 4 is 29.7 Å². The molecule has 10 nitrogen and oxygen atoms in total. The van der Waals surface area contributed by atoms with Crippen LogP contribution in [0.4, 0.5) is 0 Å². The van der Waals surface area contributed by atoms with Crippen molar-refractivity contribution in [3.63, 3.8) is 0 Å². The standard InChI is InChI=1S/C28H33N3O7/c1-38-28(37)22(18-20-11-6-3-7-12-20)30-26(35)21(17-19-9-4-2-5-10-19)29-27(36)23-13-8-16-31(23)24(32)14-15-25(33)34/h2-7,9-12,21-23H,8,13-18H2,1H3,(H,29,36)(H,30,35)(H,33,34)/t21-,22-,23-/m0/s1. The summed E-state index contributed by atoms with van der Waals surface area (Å²) in [6.45, 7) is 0.341. The molecule has 202 valence electrons. The number of ether oxygens (including phenoxy) is 1. The number of methoxy groups -OCH3 is 1. The second kappa shape index (κ2) is 13.9. The van der Waals surface area contributed by atoms with Gasteiger partial charge in [0.2, 0.25) is 17.7 Å². The van der Waals surface area contributed by atoms with Crippen LogP contribution in [-0.2, 0) is 41.6 Å². The van der Waals surface area contributed by atoms with E-state index in [2.05, 4.69) is 10.6 Å². The molecule has 0 spiro atoms. The number of carbonyl (C=O) groups is 5. The van der Waals surface area contributed by atoms with Crippen LogP contribution in [0.5, 0.6) is 0 Å². The first kappa shape index (κ1) is 28.4. The van der Waals surface area contributed by atoms with Crippen LogP contribution in [0.15, 0.2) is 60.7 Å².